The van der Waals surface area contributed by atoms with Crippen LogP contribution in [-0.2, 0) is 12.8 Å². The Labute approximate surface area is 174 Å². The molecule has 1 aliphatic carbocycles. The Morgan fingerprint density at radius 2 is 1.77 bits per heavy atom. The van der Waals surface area contributed by atoms with Gasteiger partial charge in [-0.15, -0.1) is 0 Å². The van der Waals surface area contributed by atoms with Crippen LogP contribution < -0.4 is 4.90 Å². The Kier molecular flexibility index (Phi) is 3.94. The number of carbonyl (C=O) groups excluding carboxylic acids is 1. The summed E-state index contributed by atoms with van der Waals surface area (Å²) in [5.41, 5.74) is 3.23. The lowest BCUT2D eigenvalue weighted by Gasteiger charge is -2.36. The highest BCUT2D eigenvalue weighted by Crippen LogP contribution is 2.31. The minimum Gasteiger partial charge on any atom is -0.353 e. The normalized spacial score (nSPS) is 16.4. The van der Waals surface area contributed by atoms with Crippen molar-refractivity contribution in [2.24, 2.45) is 0 Å². The summed E-state index contributed by atoms with van der Waals surface area (Å²) in [7, 11) is 0. The molecule has 2 aromatic carbocycles. The van der Waals surface area contributed by atoms with Crippen LogP contribution in [0.25, 0.3) is 16.6 Å². The van der Waals surface area contributed by atoms with E-state index >= 15 is 0 Å². The summed E-state index contributed by atoms with van der Waals surface area (Å²) in [6.07, 6.45) is 4.73. The van der Waals surface area contributed by atoms with Crippen LogP contribution in [0.5, 0.6) is 0 Å². The van der Waals surface area contributed by atoms with Gasteiger partial charge in [-0.05, 0) is 36.1 Å². The van der Waals surface area contributed by atoms with Gasteiger partial charge in [0.2, 0.25) is 0 Å². The fourth-order valence-electron chi connectivity index (χ4n) is 4.83. The number of hydrogen-bond acceptors (Lipinski definition) is 5. The van der Waals surface area contributed by atoms with E-state index in [9.17, 15) is 4.79 Å². The van der Waals surface area contributed by atoms with Gasteiger partial charge in [-0.2, -0.15) is 14.6 Å². The molecule has 1 amide bonds. The average molecular weight is 398 g/mol. The SMILES string of the molecule is O=C(c1cccc2ccccc12)N1CCN(c2c3c(nc4ncnn24)CCC3)CC1. The molecule has 6 rings (SSSR count). The number of aryl methyl sites for hydroxylation is 1. The van der Waals surface area contributed by atoms with Crippen molar-refractivity contribution in [2.75, 3.05) is 31.1 Å². The summed E-state index contributed by atoms with van der Waals surface area (Å²) in [4.78, 5) is 26.6. The zero-order valence-electron chi connectivity index (χ0n) is 16.7. The third kappa shape index (κ3) is 2.65. The Balaban J connectivity index is 1.28. The number of fused-ring (bicyclic) bond motifs is 3. The molecule has 0 atom stereocenters. The molecule has 0 N–H and O–H groups in total. The Bertz CT molecular complexity index is 1270. The number of rotatable bonds is 2. The number of benzene rings is 2. The summed E-state index contributed by atoms with van der Waals surface area (Å²) in [6.45, 7) is 2.94. The highest BCUT2D eigenvalue weighted by atomic mass is 16.2. The number of amides is 1. The van der Waals surface area contributed by atoms with E-state index < -0.39 is 0 Å². The predicted octanol–water partition coefficient (Wildman–Crippen LogP) is 2.73. The van der Waals surface area contributed by atoms with Crippen LogP contribution in [0.15, 0.2) is 48.8 Å². The molecule has 0 spiro atoms. The van der Waals surface area contributed by atoms with E-state index in [1.807, 2.05) is 39.7 Å². The first-order chi connectivity index (χ1) is 14.8. The van der Waals surface area contributed by atoms with E-state index in [2.05, 4.69) is 32.1 Å². The molecule has 2 aliphatic rings. The zero-order valence-corrected chi connectivity index (χ0v) is 16.7. The zero-order chi connectivity index (χ0) is 20.1. The number of nitrogens with zero attached hydrogens (tertiary/aromatic N) is 6. The molecule has 30 heavy (non-hydrogen) atoms. The first kappa shape index (κ1) is 17.4. The van der Waals surface area contributed by atoms with Gasteiger partial charge in [0.15, 0.2) is 0 Å². The Morgan fingerprint density at radius 3 is 2.67 bits per heavy atom. The molecular formula is C23H22N6O. The van der Waals surface area contributed by atoms with E-state index in [4.69, 9.17) is 0 Å². The molecule has 1 saturated heterocycles. The first-order valence-corrected chi connectivity index (χ1v) is 10.5. The molecule has 0 bridgehead atoms. The third-order valence-electron chi connectivity index (χ3n) is 6.31. The van der Waals surface area contributed by atoms with Gasteiger partial charge in [0.1, 0.15) is 12.1 Å². The monoisotopic (exact) mass is 398 g/mol. The van der Waals surface area contributed by atoms with Crippen LogP contribution in [0.1, 0.15) is 28.0 Å². The minimum absolute atomic E-state index is 0.109. The molecule has 1 fully saturated rings. The van der Waals surface area contributed by atoms with Gasteiger partial charge in [0.05, 0.1) is 5.69 Å². The van der Waals surface area contributed by atoms with Crippen molar-refractivity contribution in [3.63, 3.8) is 0 Å². The van der Waals surface area contributed by atoms with Crippen molar-refractivity contribution >= 4 is 28.3 Å². The van der Waals surface area contributed by atoms with E-state index in [-0.39, 0.29) is 5.91 Å². The lowest BCUT2D eigenvalue weighted by atomic mass is 10.0. The quantitative estimate of drug-likeness (QED) is 0.519. The highest BCUT2D eigenvalue weighted by Gasteiger charge is 2.29. The van der Waals surface area contributed by atoms with E-state index in [1.54, 1.807) is 6.33 Å². The molecule has 3 heterocycles. The van der Waals surface area contributed by atoms with Gasteiger partial charge in [0, 0.05) is 37.3 Å². The highest BCUT2D eigenvalue weighted by molar-refractivity contribution is 6.07. The van der Waals surface area contributed by atoms with Crippen molar-refractivity contribution in [3.8, 4) is 0 Å². The van der Waals surface area contributed by atoms with Crippen molar-refractivity contribution in [1.29, 1.82) is 0 Å². The largest absolute Gasteiger partial charge is 0.353 e. The lowest BCUT2D eigenvalue weighted by molar-refractivity contribution is 0.0748. The van der Waals surface area contributed by atoms with Gasteiger partial charge in [-0.25, -0.2) is 4.98 Å². The summed E-state index contributed by atoms with van der Waals surface area (Å²) >= 11 is 0. The van der Waals surface area contributed by atoms with Gasteiger partial charge >= 0.3 is 0 Å². The maximum atomic E-state index is 13.3. The van der Waals surface area contributed by atoms with Crippen LogP contribution in [0, 0.1) is 0 Å². The van der Waals surface area contributed by atoms with Crippen molar-refractivity contribution in [1.82, 2.24) is 24.5 Å². The van der Waals surface area contributed by atoms with Crippen molar-refractivity contribution in [3.05, 3.63) is 65.6 Å². The van der Waals surface area contributed by atoms with Crippen LogP contribution in [0.2, 0.25) is 0 Å². The van der Waals surface area contributed by atoms with Crippen LogP contribution >= 0.6 is 0 Å². The first-order valence-electron chi connectivity index (χ1n) is 10.5. The van der Waals surface area contributed by atoms with E-state index in [1.165, 1.54) is 5.56 Å². The number of piperazine rings is 1. The number of anilines is 1. The lowest BCUT2D eigenvalue weighted by Crippen LogP contribution is -2.49. The van der Waals surface area contributed by atoms with Crippen LogP contribution in [0.4, 0.5) is 5.82 Å². The maximum absolute atomic E-state index is 13.3. The third-order valence-corrected chi connectivity index (χ3v) is 6.31. The topological polar surface area (TPSA) is 66.6 Å². The van der Waals surface area contributed by atoms with Gasteiger partial charge in [-0.3, -0.25) is 4.79 Å². The molecule has 7 nitrogen and oxygen atoms in total. The Hall–Kier alpha value is -3.48. The second-order valence-corrected chi connectivity index (χ2v) is 7.99. The minimum atomic E-state index is 0.109. The summed E-state index contributed by atoms with van der Waals surface area (Å²) in [5.74, 6) is 1.89. The van der Waals surface area contributed by atoms with Crippen molar-refractivity contribution in [2.45, 2.75) is 19.3 Å². The van der Waals surface area contributed by atoms with Crippen LogP contribution in [0.3, 0.4) is 0 Å². The van der Waals surface area contributed by atoms with Crippen LogP contribution in [-0.4, -0.2) is 56.6 Å². The fraction of sp³-hybridized carbons (Fsp3) is 0.304. The molecule has 4 aromatic rings. The smallest absolute Gasteiger partial charge is 0.254 e. The van der Waals surface area contributed by atoms with Gasteiger partial charge in [0.25, 0.3) is 11.7 Å². The summed E-state index contributed by atoms with van der Waals surface area (Å²) < 4.78 is 1.87. The molecule has 1 aliphatic heterocycles. The number of carbonyl (C=O) groups is 1. The van der Waals surface area contributed by atoms with Gasteiger partial charge < -0.3 is 9.80 Å². The second kappa shape index (κ2) is 6.79. The second-order valence-electron chi connectivity index (χ2n) is 7.99. The number of aromatic nitrogens is 4. The Morgan fingerprint density at radius 1 is 0.933 bits per heavy atom. The fourth-order valence-corrected chi connectivity index (χ4v) is 4.83. The molecule has 2 aromatic heterocycles. The maximum Gasteiger partial charge on any atom is 0.254 e. The molecule has 0 radical (unpaired) electrons. The summed E-state index contributed by atoms with van der Waals surface area (Å²) in [5, 5.41) is 6.55. The average Bonchev–Trinajstić information content (AvgIpc) is 3.46. The predicted molar refractivity (Wildman–Crippen MR) is 115 cm³/mol. The standard InChI is InChI=1S/C23H22N6O/c30-22(18-8-3-6-16-5-1-2-7-17(16)18)28-13-11-27(12-14-28)21-19-9-4-10-20(19)26-23-24-15-25-29(21)23/h1-3,5-8,15H,4,9-14H2. The van der Waals surface area contributed by atoms with Crippen molar-refractivity contribution < 1.29 is 4.79 Å². The molecule has 0 unspecified atom stereocenters. The molecule has 7 heteroatoms. The molecule has 150 valence electrons. The number of hydrogen-bond donors (Lipinski definition) is 0. The van der Waals surface area contributed by atoms with E-state index in [0.29, 0.717) is 18.9 Å². The van der Waals surface area contributed by atoms with E-state index in [0.717, 1.165) is 60.2 Å². The molecular weight excluding hydrogens is 376 g/mol. The van der Waals surface area contributed by atoms with Gasteiger partial charge in [-0.1, -0.05) is 36.4 Å². The molecule has 0 saturated carbocycles. The summed E-state index contributed by atoms with van der Waals surface area (Å²) in [6, 6.07) is 14.0.